The van der Waals surface area contributed by atoms with Crippen molar-refractivity contribution < 1.29 is 0 Å². The lowest BCUT2D eigenvalue weighted by molar-refractivity contribution is 0.429. The molecule has 0 aliphatic heterocycles. The van der Waals surface area contributed by atoms with Gasteiger partial charge in [0.1, 0.15) is 0 Å². The first-order valence-electron chi connectivity index (χ1n) is 10.8. The summed E-state index contributed by atoms with van der Waals surface area (Å²) in [5, 5.41) is 0.657. The summed E-state index contributed by atoms with van der Waals surface area (Å²) in [4.78, 5) is 1.42. The second-order valence-corrected chi connectivity index (χ2v) is 9.05. The van der Waals surface area contributed by atoms with Crippen molar-refractivity contribution in [3.05, 3.63) is 54.6 Å². The molecule has 0 N–H and O–H groups in total. The zero-order chi connectivity index (χ0) is 18.5. The maximum atomic E-state index is 4.04. The van der Waals surface area contributed by atoms with Gasteiger partial charge >= 0.3 is 0 Å². The van der Waals surface area contributed by atoms with E-state index in [1.807, 2.05) is 0 Å². The first-order valence-corrected chi connectivity index (χ1v) is 11.7. The lowest BCUT2D eigenvalue weighted by atomic mass is 9.90. The molecule has 0 radical (unpaired) electrons. The van der Waals surface area contributed by atoms with Crippen LogP contribution in [0.5, 0.6) is 0 Å². The third kappa shape index (κ3) is 8.16. The summed E-state index contributed by atoms with van der Waals surface area (Å²) < 4.78 is 0. The Kier molecular flexibility index (Phi) is 10.9. The molecule has 0 saturated heterocycles. The minimum atomic E-state index is 0.657. The van der Waals surface area contributed by atoms with Crippen molar-refractivity contribution in [1.82, 2.24) is 0 Å². The van der Waals surface area contributed by atoms with Crippen molar-refractivity contribution in [2.75, 3.05) is 0 Å². The van der Waals surface area contributed by atoms with Crippen molar-refractivity contribution in [2.24, 2.45) is 5.92 Å². The highest BCUT2D eigenvalue weighted by Crippen LogP contribution is 2.38. The van der Waals surface area contributed by atoms with E-state index in [1.165, 1.54) is 81.9 Å². The van der Waals surface area contributed by atoms with Gasteiger partial charge in [0.15, 0.2) is 0 Å². The van der Waals surface area contributed by atoms with E-state index in [1.54, 1.807) is 5.57 Å². The van der Waals surface area contributed by atoms with Crippen LogP contribution in [0.15, 0.2) is 59.5 Å². The van der Waals surface area contributed by atoms with Gasteiger partial charge in [-0.3, -0.25) is 0 Å². The lowest BCUT2D eigenvalue weighted by Gasteiger charge is -2.24. The third-order valence-corrected chi connectivity index (χ3v) is 6.85. The number of unbranched alkanes of at least 4 members (excludes halogenated alkanes) is 5. The van der Waals surface area contributed by atoms with Gasteiger partial charge in [0.25, 0.3) is 0 Å². The van der Waals surface area contributed by atoms with Gasteiger partial charge in [0, 0.05) is 10.1 Å². The number of rotatable bonds is 14. The highest BCUT2D eigenvalue weighted by molar-refractivity contribution is 8.00. The molecular formula is C25H38S. The third-order valence-electron chi connectivity index (χ3n) is 5.52. The molecule has 1 aliphatic rings. The molecular weight excluding hydrogens is 332 g/mol. The van der Waals surface area contributed by atoms with E-state index < -0.39 is 0 Å². The van der Waals surface area contributed by atoms with E-state index in [9.17, 15) is 0 Å². The topological polar surface area (TPSA) is 0 Å². The first-order chi connectivity index (χ1) is 12.8. The van der Waals surface area contributed by atoms with Crippen LogP contribution in [-0.4, -0.2) is 5.25 Å². The maximum Gasteiger partial charge on any atom is 0.0306 e. The van der Waals surface area contributed by atoms with Crippen molar-refractivity contribution >= 4 is 11.8 Å². The molecule has 0 bridgehead atoms. The molecule has 144 valence electrons. The zero-order valence-corrected chi connectivity index (χ0v) is 17.6. The van der Waals surface area contributed by atoms with Crippen LogP contribution in [0.25, 0.3) is 0 Å². The fourth-order valence-corrected chi connectivity index (χ4v) is 5.39. The Labute approximate surface area is 166 Å². The molecule has 0 heterocycles. The number of benzene rings is 1. The second kappa shape index (κ2) is 13.3. The Morgan fingerprint density at radius 1 is 1.08 bits per heavy atom. The van der Waals surface area contributed by atoms with E-state index in [2.05, 4.69) is 67.7 Å². The summed E-state index contributed by atoms with van der Waals surface area (Å²) in [6.07, 6.45) is 20.9. The van der Waals surface area contributed by atoms with Crippen LogP contribution in [0.1, 0.15) is 84.0 Å². The van der Waals surface area contributed by atoms with Gasteiger partial charge in [-0.15, -0.1) is 18.3 Å². The van der Waals surface area contributed by atoms with Gasteiger partial charge in [-0.1, -0.05) is 87.8 Å². The summed E-state index contributed by atoms with van der Waals surface area (Å²) in [6.45, 7) is 6.33. The first kappa shape index (κ1) is 21.4. The number of hydrogen-bond acceptors (Lipinski definition) is 1. The molecule has 1 heteroatoms. The Hall–Kier alpha value is -0.950. The summed E-state index contributed by atoms with van der Waals surface area (Å²) >= 11 is 2.09. The Balaban J connectivity index is 1.88. The fourth-order valence-electron chi connectivity index (χ4n) is 4.01. The molecule has 0 amide bonds. The van der Waals surface area contributed by atoms with E-state index in [0.29, 0.717) is 5.25 Å². The molecule has 1 aliphatic carbocycles. The number of thioether (sulfide) groups is 1. The minimum absolute atomic E-state index is 0.657. The van der Waals surface area contributed by atoms with Crippen LogP contribution in [0.4, 0.5) is 0 Å². The number of hydrogen-bond donors (Lipinski definition) is 0. The molecule has 26 heavy (non-hydrogen) atoms. The Bertz CT molecular complexity index is 516. The average molecular weight is 371 g/mol. The Morgan fingerprint density at radius 2 is 1.85 bits per heavy atom. The van der Waals surface area contributed by atoms with Gasteiger partial charge in [0.2, 0.25) is 0 Å². The zero-order valence-electron chi connectivity index (χ0n) is 16.8. The molecule has 2 rings (SSSR count). The van der Waals surface area contributed by atoms with Gasteiger partial charge in [-0.2, -0.15) is 0 Å². The van der Waals surface area contributed by atoms with Crippen LogP contribution in [0.2, 0.25) is 0 Å². The summed E-state index contributed by atoms with van der Waals surface area (Å²) in [7, 11) is 0. The predicted molar refractivity (Wildman–Crippen MR) is 119 cm³/mol. The molecule has 1 aromatic rings. The Morgan fingerprint density at radius 3 is 2.54 bits per heavy atom. The average Bonchev–Trinajstić information content (AvgIpc) is 3.19. The molecule has 0 fully saturated rings. The molecule has 1 aromatic carbocycles. The molecule has 2 atom stereocenters. The summed E-state index contributed by atoms with van der Waals surface area (Å²) in [5.74, 6) is 0.793. The van der Waals surface area contributed by atoms with Crippen molar-refractivity contribution in [1.29, 1.82) is 0 Å². The normalized spacial score (nSPS) is 16.3. The van der Waals surface area contributed by atoms with E-state index >= 15 is 0 Å². The van der Waals surface area contributed by atoms with Crippen molar-refractivity contribution in [2.45, 2.75) is 94.1 Å². The highest BCUT2D eigenvalue weighted by atomic mass is 32.2. The predicted octanol–water partition coefficient (Wildman–Crippen LogP) is 8.59. The summed E-state index contributed by atoms with van der Waals surface area (Å²) in [5.41, 5.74) is 1.70. The van der Waals surface area contributed by atoms with E-state index in [4.69, 9.17) is 0 Å². The largest absolute Gasteiger partial charge is 0.118 e. The monoisotopic (exact) mass is 370 g/mol. The van der Waals surface area contributed by atoms with Crippen molar-refractivity contribution in [3.63, 3.8) is 0 Å². The standard InChI is InChI=1S/C25H38S/c1-3-5-6-7-8-10-16-22(15-4-2)21-25(23-17-13-14-18-23)26-24-19-11-9-12-20-24/h4,9,11-12,17,19-20,22,25H,2-3,5-8,10,13-16,18,21H2,1H3. The summed E-state index contributed by atoms with van der Waals surface area (Å²) in [6, 6.07) is 11.0. The van der Waals surface area contributed by atoms with Crippen molar-refractivity contribution in [3.8, 4) is 0 Å². The van der Waals surface area contributed by atoms with E-state index in [-0.39, 0.29) is 0 Å². The van der Waals surface area contributed by atoms with Crippen LogP contribution < -0.4 is 0 Å². The smallest absolute Gasteiger partial charge is 0.0306 e. The molecule has 0 saturated carbocycles. The minimum Gasteiger partial charge on any atom is -0.118 e. The van der Waals surface area contributed by atoms with Crippen LogP contribution in [0.3, 0.4) is 0 Å². The molecule has 0 aromatic heterocycles. The molecule has 2 unspecified atom stereocenters. The fraction of sp³-hybridized carbons (Fsp3) is 0.600. The van der Waals surface area contributed by atoms with Crippen LogP contribution in [-0.2, 0) is 0 Å². The second-order valence-electron chi connectivity index (χ2n) is 7.77. The molecule has 0 spiro atoms. The van der Waals surface area contributed by atoms with Gasteiger partial charge in [0.05, 0.1) is 0 Å². The quantitative estimate of drug-likeness (QED) is 0.179. The van der Waals surface area contributed by atoms with Crippen LogP contribution >= 0.6 is 11.8 Å². The van der Waals surface area contributed by atoms with Crippen LogP contribution in [0, 0.1) is 5.92 Å². The van der Waals surface area contributed by atoms with E-state index in [0.717, 1.165) is 5.92 Å². The highest BCUT2D eigenvalue weighted by Gasteiger charge is 2.22. The molecule has 0 nitrogen and oxygen atoms in total. The lowest BCUT2D eigenvalue weighted by Crippen LogP contribution is -2.13. The van der Waals surface area contributed by atoms with Gasteiger partial charge in [-0.25, -0.2) is 0 Å². The van der Waals surface area contributed by atoms with Gasteiger partial charge < -0.3 is 0 Å². The van der Waals surface area contributed by atoms with Gasteiger partial charge in [-0.05, 0) is 50.2 Å². The number of allylic oxidation sites excluding steroid dienone is 2. The SMILES string of the molecule is C=CCC(CCCCCCCC)CC(Sc1ccccc1)C1=CCCC1. The maximum absolute atomic E-state index is 4.04.